The summed E-state index contributed by atoms with van der Waals surface area (Å²) in [6, 6.07) is 5.73. The van der Waals surface area contributed by atoms with Crippen molar-refractivity contribution in [2.45, 2.75) is 59.0 Å². The Morgan fingerprint density at radius 3 is 2.40 bits per heavy atom. The summed E-state index contributed by atoms with van der Waals surface area (Å²) in [4.78, 5) is 43.5. The zero-order valence-corrected chi connectivity index (χ0v) is 17.8. The zero-order valence-electron chi connectivity index (χ0n) is 17.8. The maximum atomic E-state index is 14.7. The molecular formula is C23H27FN2O4. The van der Waals surface area contributed by atoms with E-state index in [-0.39, 0.29) is 41.1 Å². The van der Waals surface area contributed by atoms with Crippen LogP contribution in [0.15, 0.2) is 24.3 Å². The second kappa shape index (κ2) is 8.81. The molecule has 0 spiro atoms. The van der Waals surface area contributed by atoms with Crippen LogP contribution in [0.4, 0.5) is 4.39 Å². The number of nitrogens with one attached hydrogen (secondary N) is 1. The highest BCUT2D eigenvalue weighted by atomic mass is 19.1. The number of halogens is 1. The van der Waals surface area contributed by atoms with Crippen LogP contribution in [0.5, 0.6) is 0 Å². The minimum absolute atomic E-state index is 0.0669. The van der Waals surface area contributed by atoms with E-state index in [1.807, 2.05) is 13.8 Å². The molecule has 1 amide bonds. The van der Waals surface area contributed by atoms with Gasteiger partial charge >= 0.3 is 5.97 Å². The van der Waals surface area contributed by atoms with Crippen molar-refractivity contribution in [2.24, 2.45) is 0 Å². The Morgan fingerprint density at radius 1 is 1.17 bits per heavy atom. The minimum atomic E-state index is -0.785. The number of esters is 1. The van der Waals surface area contributed by atoms with Crippen molar-refractivity contribution in [1.82, 2.24) is 9.88 Å². The molecule has 7 heteroatoms. The molecule has 0 saturated carbocycles. The summed E-state index contributed by atoms with van der Waals surface area (Å²) >= 11 is 0. The predicted molar refractivity (Wildman–Crippen MR) is 111 cm³/mol. The normalized spacial score (nSPS) is 18.9. The second-order valence-electron chi connectivity index (χ2n) is 7.75. The van der Waals surface area contributed by atoms with Crippen molar-refractivity contribution in [3.8, 4) is 11.1 Å². The van der Waals surface area contributed by atoms with Gasteiger partial charge in [0, 0.05) is 28.9 Å². The SMILES string of the molecule is CCOC(=O)c1c(C)[nH]c(C(=O)C(=O)N2[C@H](C)CCC[C@@H]2C)c1-c1ccccc1F. The van der Waals surface area contributed by atoms with Crippen molar-refractivity contribution >= 4 is 17.7 Å². The van der Waals surface area contributed by atoms with Crippen LogP contribution in [-0.2, 0) is 9.53 Å². The van der Waals surface area contributed by atoms with Gasteiger partial charge < -0.3 is 14.6 Å². The van der Waals surface area contributed by atoms with E-state index >= 15 is 0 Å². The molecule has 6 nitrogen and oxygen atoms in total. The Kier molecular flexibility index (Phi) is 6.39. The van der Waals surface area contributed by atoms with Gasteiger partial charge in [-0.05, 0) is 53.0 Å². The fourth-order valence-electron chi connectivity index (χ4n) is 4.23. The third-order valence-electron chi connectivity index (χ3n) is 5.66. The number of piperidine rings is 1. The van der Waals surface area contributed by atoms with Crippen LogP contribution in [-0.4, -0.2) is 46.2 Å². The molecular weight excluding hydrogens is 387 g/mol. The van der Waals surface area contributed by atoms with Gasteiger partial charge in [0.2, 0.25) is 0 Å². The Bertz CT molecular complexity index is 972. The summed E-state index contributed by atoms with van der Waals surface area (Å²) in [7, 11) is 0. The van der Waals surface area contributed by atoms with Crippen molar-refractivity contribution in [2.75, 3.05) is 6.61 Å². The minimum Gasteiger partial charge on any atom is -0.462 e. The topological polar surface area (TPSA) is 79.5 Å². The van der Waals surface area contributed by atoms with E-state index in [2.05, 4.69) is 4.98 Å². The number of Topliss-reactive ketones (excluding diaryl/α,β-unsaturated/α-hetero) is 1. The van der Waals surface area contributed by atoms with Crippen LogP contribution >= 0.6 is 0 Å². The largest absolute Gasteiger partial charge is 0.462 e. The highest BCUT2D eigenvalue weighted by Crippen LogP contribution is 2.34. The number of ether oxygens (including phenoxy) is 1. The standard InChI is InChI=1S/C23H27FN2O4/c1-5-30-23(29)18-15(4)25-20(19(18)16-11-6-7-12-17(16)24)21(27)22(28)26-13(2)9-8-10-14(26)3/h6-7,11-14,25H,5,8-10H2,1-4H3/t13-,14+. The molecule has 1 aliphatic heterocycles. The van der Waals surface area contributed by atoms with Crippen LogP contribution in [0.2, 0.25) is 0 Å². The monoisotopic (exact) mass is 414 g/mol. The summed E-state index contributed by atoms with van der Waals surface area (Å²) in [5, 5.41) is 0. The van der Waals surface area contributed by atoms with Crippen LogP contribution in [0.3, 0.4) is 0 Å². The van der Waals surface area contributed by atoms with Gasteiger partial charge in [0.05, 0.1) is 12.2 Å². The molecule has 1 N–H and O–H groups in total. The Balaban J connectivity index is 2.14. The molecule has 160 valence electrons. The molecule has 30 heavy (non-hydrogen) atoms. The number of aromatic amines is 1. The van der Waals surface area contributed by atoms with Crippen LogP contribution < -0.4 is 0 Å². The summed E-state index contributed by atoms with van der Waals surface area (Å²) < 4.78 is 19.8. The van der Waals surface area contributed by atoms with Crippen molar-refractivity contribution < 1.29 is 23.5 Å². The van der Waals surface area contributed by atoms with Crippen LogP contribution in [0, 0.1) is 12.7 Å². The summed E-state index contributed by atoms with van der Waals surface area (Å²) in [6.07, 6.45) is 2.64. The lowest BCUT2D eigenvalue weighted by molar-refractivity contribution is -0.132. The van der Waals surface area contributed by atoms with Gasteiger partial charge in [-0.2, -0.15) is 0 Å². The number of ketones is 1. The number of benzene rings is 1. The molecule has 0 bridgehead atoms. The van der Waals surface area contributed by atoms with Crippen LogP contribution in [0.1, 0.15) is 66.6 Å². The summed E-state index contributed by atoms with van der Waals surface area (Å²) in [5.41, 5.74) is 0.469. The fourth-order valence-corrected chi connectivity index (χ4v) is 4.23. The predicted octanol–water partition coefficient (Wildman–Crippen LogP) is 4.28. The molecule has 1 aromatic carbocycles. The van der Waals surface area contributed by atoms with Gasteiger partial charge in [-0.15, -0.1) is 0 Å². The average Bonchev–Trinajstić information content (AvgIpc) is 3.04. The number of amides is 1. The van der Waals surface area contributed by atoms with E-state index in [0.717, 1.165) is 19.3 Å². The molecule has 1 aromatic heterocycles. The number of hydrogen-bond acceptors (Lipinski definition) is 4. The molecule has 2 atom stereocenters. The molecule has 1 aliphatic rings. The zero-order chi connectivity index (χ0) is 22.0. The molecule has 2 aromatic rings. The van der Waals surface area contributed by atoms with Gasteiger partial charge in [-0.1, -0.05) is 18.2 Å². The summed E-state index contributed by atoms with van der Waals surface area (Å²) in [6.45, 7) is 7.23. The smallest absolute Gasteiger partial charge is 0.340 e. The number of carbonyl (C=O) groups excluding carboxylic acids is 3. The van der Waals surface area contributed by atoms with E-state index in [1.54, 1.807) is 24.8 Å². The highest BCUT2D eigenvalue weighted by Gasteiger charge is 2.37. The second-order valence-corrected chi connectivity index (χ2v) is 7.75. The van der Waals surface area contributed by atoms with E-state index in [1.165, 1.54) is 18.2 Å². The number of likely N-dealkylation sites (tertiary alicyclic amines) is 1. The van der Waals surface area contributed by atoms with Gasteiger partial charge in [-0.3, -0.25) is 9.59 Å². The molecule has 1 fully saturated rings. The van der Waals surface area contributed by atoms with E-state index < -0.39 is 23.5 Å². The first-order chi connectivity index (χ1) is 14.3. The number of hydrogen-bond donors (Lipinski definition) is 1. The lowest BCUT2D eigenvalue weighted by Crippen LogP contribution is -2.50. The molecule has 2 heterocycles. The van der Waals surface area contributed by atoms with E-state index in [9.17, 15) is 18.8 Å². The first-order valence-electron chi connectivity index (χ1n) is 10.3. The quantitative estimate of drug-likeness (QED) is 0.450. The van der Waals surface area contributed by atoms with Crippen molar-refractivity contribution in [3.63, 3.8) is 0 Å². The number of aryl methyl sites for hydroxylation is 1. The Labute approximate surface area is 175 Å². The molecule has 3 rings (SSSR count). The Hall–Kier alpha value is -2.96. The molecule has 1 saturated heterocycles. The lowest BCUT2D eigenvalue weighted by Gasteiger charge is -2.38. The number of aromatic nitrogens is 1. The maximum Gasteiger partial charge on any atom is 0.340 e. The first kappa shape index (κ1) is 21.7. The maximum absolute atomic E-state index is 14.7. The van der Waals surface area contributed by atoms with Crippen molar-refractivity contribution in [3.05, 3.63) is 47.0 Å². The van der Waals surface area contributed by atoms with Crippen molar-refractivity contribution in [1.29, 1.82) is 0 Å². The molecule has 0 radical (unpaired) electrons. The van der Waals surface area contributed by atoms with E-state index in [0.29, 0.717) is 5.69 Å². The molecule has 0 unspecified atom stereocenters. The van der Waals surface area contributed by atoms with Gasteiger partial charge in [0.15, 0.2) is 0 Å². The highest BCUT2D eigenvalue weighted by molar-refractivity contribution is 6.44. The first-order valence-corrected chi connectivity index (χ1v) is 10.3. The van der Waals surface area contributed by atoms with Crippen LogP contribution in [0.25, 0.3) is 11.1 Å². The fraction of sp³-hybridized carbons (Fsp3) is 0.435. The van der Waals surface area contributed by atoms with Gasteiger partial charge in [0.25, 0.3) is 11.7 Å². The van der Waals surface area contributed by atoms with E-state index in [4.69, 9.17) is 4.74 Å². The number of rotatable bonds is 5. The summed E-state index contributed by atoms with van der Waals surface area (Å²) in [5.74, 6) is -2.70. The van der Waals surface area contributed by atoms with Gasteiger partial charge in [0.1, 0.15) is 11.5 Å². The Morgan fingerprint density at radius 2 is 1.80 bits per heavy atom. The number of H-pyrrole nitrogens is 1. The average molecular weight is 414 g/mol. The lowest BCUT2D eigenvalue weighted by atomic mass is 9.95. The molecule has 0 aliphatic carbocycles. The third kappa shape index (κ3) is 3.88. The third-order valence-corrected chi connectivity index (χ3v) is 5.66. The number of carbonyl (C=O) groups is 3. The van der Waals surface area contributed by atoms with Gasteiger partial charge in [-0.25, -0.2) is 9.18 Å². The number of nitrogens with zero attached hydrogens (tertiary/aromatic N) is 1.